The fourth-order valence-corrected chi connectivity index (χ4v) is 2.60. The van der Waals surface area contributed by atoms with Gasteiger partial charge < -0.3 is 5.11 Å². The molecule has 0 saturated carbocycles. The molecule has 26 heavy (non-hydrogen) atoms. The number of carbonyl (C=O) groups is 2. The summed E-state index contributed by atoms with van der Waals surface area (Å²) in [4.78, 5) is 22.7. The number of carboxylic acids is 1. The van der Waals surface area contributed by atoms with E-state index in [1.165, 1.54) is 23.7 Å². The molecule has 0 aliphatic heterocycles. The lowest BCUT2D eigenvalue weighted by Gasteiger charge is -2.03. The van der Waals surface area contributed by atoms with E-state index >= 15 is 0 Å². The fraction of sp³-hybridized carbons (Fsp3) is 0.0952. The zero-order valence-corrected chi connectivity index (χ0v) is 14.1. The molecule has 5 nitrogen and oxygen atoms in total. The number of aromatic carboxylic acids is 1. The van der Waals surface area contributed by atoms with Crippen molar-refractivity contribution in [2.24, 2.45) is 5.10 Å². The second-order valence-corrected chi connectivity index (χ2v) is 5.90. The molecule has 0 aromatic heterocycles. The molecule has 0 spiro atoms. The minimum atomic E-state index is -0.976. The maximum Gasteiger partial charge on any atom is 0.335 e. The van der Waals surface area contributed by atoms with Crippen molar-refractivity contribution in [3.05, 3.63) is 83.4 Å². The average molecular weight is 346 g/mol. The van der Waals surface area contributed by atoms with Crippen LogP contribution in [0.5, 0.6) is 0 Å². The molecule has 0 aliphatic carbocycles. The number of carbonyl (C=O) groups excluding carboxylic acids is 1. The lowest BCUT2D eigenvalue weighted by molar-refractivity contribution is -0.121. The summed E-state index contributed by atoms with van der Waals surface area (Å²) < 4.78 is 0. The Balaban J connectivity index is 1.51. The third-order valence-electron chi connectivity index (χ3n) is 4.02. The van der Waals surface area contributed by atoms with E-state index in [-0.39, 0.29) is 11.5 Å². The molecule has 0 fully saturated rings. The quantitative estimate of drug-likeness (QED) is 0.528. The van der Waals surface area contributed by atoms with Crippen molar-refractivity contribution in [3.63, 3.8) is 0 Å². The van der Waals surface area contributed by atoms with Gasteiger partial charge in [-0.3, -0.25) is 4.79 Å². The van der Waals surface area contributed by atoms with E-state index in [1.54, 1.807) is 12.1 Å². The van der Waals surface area contributed by atoms with Gasteiger partial charge in [-0.25, -0.2) is 10.2 Å². The van der Waals surface area contributed by atoms with Crippen LogP contribution >= 0.6 is 0 Å². The van der Waals surface area contributed by atoms with Crippen LogP contribution in [-0.2, 0) is 11.2 Å². The molecule has 0 atom stereocenters. The average Bonchev–Trinajstić information content (AvgIpc) is 2.66. The Kier molecular flexibility index (Phi) is 5.39. The van der Waals surface area contributed by atoms with E-state index in [0.29, 0.717) is 18.4 Å². The molecule has 3 aromatic carbocycles. The van der Waals surface area contributed by atoms with Gasteiger partial charge in [0.2, 0.25) is 5.91 Å². The van der Waals surface area contributed by atoms with Gasteiger partial charge in [0.1, 0.15) is 0 Å². The Morgan fingerprint density at radius 1 is 0.962 bits per heavy atom. The number of nitrogens with zero attached hydrogens (tertiary/aromatic N) is 1. The first-order valence-electron chi connectivity index (χ1n) is 8.25. The maximum absolute atomic E-state index is 11.9. The highest BCUT2D eigenvalue weighted by Gasteiger charge is 2.03. The Labute approximate surface area is 151 Å². The van der Waals surface area contributed by atoms with Crippen molar-refractivity contribution in [1.29, 1.82) is 0 Å². The van der Waals surface area contributed by atoms with Crippen LogP contribution in [0.15, 0.2) is 71.8 Å². The van der Waals surface area contributed by atoms with Crippen molar-refractivity contribution < 1.29 is 14.7 Å². The van der Waals surface area contributed by atoms with E-state index in [1.807, 2.05) is 18.2 Å². The number of hydrogen-bond acceptors (Lipinski definition) is 3. The van der Waals surface area contributed by atoms with Crippen LogP contribution in [-0.4, -0.2) is 23.2 Å². The molecule has 3 rings (SSSR count). The number of hydrogen-bond donors (Lipinski definition) is 2. The number of amides is 1. The summed E-state index contributed by atoms with van der Waals surface area (Å²) in [5, 5.41) is 15.1. The normalized spacial score (nSPS) is 10.9. The Morgan fingerprint density at radius 3 is 2.42 bits per heavy atom. The molecule has 0 aliphatic rings. The highest BCUT2D eigenvalue weighted by Crippen LogP contribution is 2.16. The summed E-state index contributed by atoms with van der Waals surface area (Å²) in [5.41, 5.74) is 4.52. The topological polar surface area (TPSA) is 78.8 Å². The number of benzene rings is 3. The standard InChI is InChI=1S/C21H18N2O3/c24-20(23-22-14-16-6-10-18(11-7-16)21(25)26)12-8-15-5-9-17-3-1-2-4-19(17)13-15/h1-7,9-11,13-14H,8,12H2,(H,23,24)(H,25,26)/b22-14+. The van der Waals surface area contributed by atoms with E-state index in [9.17, 15) is 9.59 Å². The second kappa shape index (κ2) is 8.07. The van der Waals surface area contributed by atoms with Crippen LogP contribution in [0.25, 0.3) is 10.8 Å². The number of hydrazone groups is 1. The van der Waals surface area contributed by atoms with E-state index < -0.39 is 5.97 Å². The molecule has 3 aromatic rings. The molecule has 0 unspecified atom stereocenters. The van der Waals surface area contributed by atoms with Crippen molar-refractivity contribution in [1.82, 2.24) is 5.43 Å². The van der Waals surface area contributed by atoms with Crippen LogP contribution in [0.4, 0.5) is 0 Å². The molecular weight excluding hydrogens is 328 g/mol. The minimum absolute atomic E-state index is 0.170. The van der Waals surface area contributed by atoms with Crippen LogP contribution in [0.1, 0.15) is 27.9 Å². The van der Waals surface area contributed by atoms with E-state index in [4.69, 9.17) is 5.11 Å². The zero-order chi connectivity index (χ0) is 18.4. The Bertz CT molecular complexity index is 962. The lowest BCUT2D eigenvalue weighted by Crippen LogP contribution is -2.17. The summed E-state index contributed by atoms with van der Waals surface area (Å²) in [7, 11) is 0. The van der Waals surface area contributed by atoms with Gasteiger partial charge in [-0.2, -0.15) is 5.10 Å². The molecule has 5 heteroatoms. The highest BCUT2D eigenvalue weighted by atomic mass is 16.4. The summed E-state index contributed by atoms with van der Waals surface area (Å²) in [6, 6.07) is 20.5. The molecule has 0 radical (unpaired) electrons. The van der Waals surface area contributed by atoms with Crippen molar-refractivity contribution >= 4 is 28.9 Å². The number of carboxylic acid groups (broad SMARTS) is 1. The minimum Gasteiger partial charge on any atom is -0.478 e. The van der Waals surface area contributed by atoms with Gasteiger partial charge in [0.15, 0.2) is 0 Å². The van der Waals surface area contributed by atoms with Gasteiger partial charge in [0.05, 0.1) is 11.8 Å². The third kappa shape index (κ3) is 4.54. The molecule has 130 valence electrons. The smallest absolute Gasteiger partial charge is 0.335 e. The number of nitrogens with one attached hydrogen (secondary N) is 1. The maximum atomic E-state index is 11.9. The van der Waals surface area contributed by atoms with Gasteiger partial charge in [0, 0.05) is 6.42 Å². The Morgan fingerprint density at radius 2 is 1.69 bits per heavy atom. The molecule has 0 saturated heterocycles. The van der Waals surface area contributed by atoms with Crippen molar-refractivity contribution in [3.8, 4) is 0 Å². The molecule has 2 N–H and O–H groups in total. The molecule has 0 bridgehead atoms. The number of fused-ring (bicyclic) bond motifs is 1. The largest absolute Gasteiger partial charge is 0.478 e. The van der Waals surface area contributed by atoms with Crippen LogP contribution < -0.4 is 5.43 Å². The van der Waals surface area contributed by atoms with Gasteiger partial charge >= 0.3 is 5.97 Å². The first-order chi connectivity index (χ1) is 12.6. The number of aryl methyl sites for hydroxylation is 1. The monoisotopic (exact) mass is 346 g/mol. The Hall–Kier alpha value is -3.47. The summed E-state index contributed by atoms with van der Waals surface area (Å²) >= 11 is 0. The van der Waals surface area contributed by atoms with Crippen molar-refractivity contribution in [2.45, 2.75) is 12.8 Å². The SMILES string of the molecule is O=C(CCc1ccc2ccccc2c1)N/N=C/c1ccc(C(=O)O)cc1. The fourth-order valence-electron chi connectivity index (χ4n) is 2.60. The zero-order valence-electron chi connectivity index (χ0n) is 14.1. The van der Waals surface area contributed by atoms with Gasteiger partial charge in [-0.15, -0.1) is 0 Å². The van der Waals surface area contributed by atoms with Crippen LogP contribution in [0, 0.1) is 0 Å². The molecule has 1 amide bonds. The summed E-state index contributed by atoms with van der Waals surface area (Å²) in [5.74, 6) is -1.15. The predicted octanol–water partition coefficient (Wildman–Crippen LogP) is 3.62. The first-order valence-corrected chi connectivity index (χ1v) is 8.25. The summed E-state index contributed by atoms with van der Waals surface area (Å²) in [6.45, 7) is 0. The molecule has 0 heterocycles. The van der Waals surface area contributed by atoms with Crippen LogP contribution in [0.2, 0.25) is 0 Å². The van der Waals surface area contributed by atoms with Crippen LogP contribution in [0.3, 0.4) is 0 Å². The predicted molar refractivity (Wildman–Crippen MR) is 101 cm³/mol. The van der Waals surface area contributed by atoms with E-state index in [0.717, 1.165) is 10.9 Å². The molecular formula is C21H18N2O3. The van der Waals surface area contributed by atoms with Gasteiger partial charge in [0.25, 0.3) is 0 Å². The van der Waals surface area contributed by atoms with Gasteiger partial charge in [-0.1, -0.05) is 54.6 Å². The third-order valence-corrected chi connectivity index (χ3v) is 4.02. The summed E-state index contributed by atoms with van der Waals surface area (Å²) in [6.07, 6.45) is 2.46. The second-order valence-electron chi connectivity index (χ2n) is 5.90. The van der Waals surface area contributed by atoms with E-state index in [2.05, 4.69) is 34.8 Å². The van der Waals surface area contributed by atoms with Crippen molar-refractivity contribution in [2.75, 3.05) is 0 Å². The first kappa shape index (κ1) is 17.4. The lowest BCUT2D eigenvalue weighted by atomic mass is 10.0. The number of rotatable bonds is 6. The highest BCUT2D eigenvalue weighted by molar-refractivity contribution is 5.89. The van der Waals surface area contributed by atoms with Gasteiger partial charge in [-0.05, 0) is 40.5 Å².